The van der Waals surface area contributed by atoms with Gasteiger partial charge in [-0.3, -0.25) is 28.7 Å². The van der Waals surface area contributed by atoms with Crippen LogP contribution < -0.4 is 15.4 Å². The third-order valence-electron chi connectivity index (χ3n) is 12.3. The average Bonchev–Trinajstić information content (AvgIpc) is 4.09. The van der Waals surface area contributed by atoms with Crippen LogP contribution in [0.5, 0.6) is 5.88 Å². The lowest BCUT2D eigenvalue weighted by Gasteiger charge is -2.35. The molecule has 19 heteroatoms. The molecule has 2 aromatic carbocycles. The molecule has 17 nitrogen and oxygen atoms in total. The molecule has 2 aliphatic rings. The molecule has 0 spiro atoms. The first-order valence-electron chi connectivity index (χ1n) is 22.2. The third kappa shape index (κ3) is 9.82. The Kier molecular flexibility index (Phi) is 13.7. The minimum atomic E-state index is -1.04. The van der Waals surface area contributed by atoms with E-state index in [1.165, 1.54) is 18.2 Å². The van der Waals surface area contributed by atoms with Gasteiger partial charge in [-0.15, -0.1) is 32.9 Å². The molecule has 6 aromatic rings. The van der Waals surface area contributed by atoms with Gasteiger partial charge in [0.15, 0.2) is 12.4 Å². The highest BCUT2D eigenvalue weighted by molar-refractivity contribution is 7.15. The lowest BCUT2D eigenvalue weighted by Crippen LogP contribution is -2.58. The number of thiophene rings is 1. The number of benzene rings is 2. The number of esters is 1. The van der Waals surface area contributed by atoms with Crippen molar-refractivity contribution in [1.29, 1.82) is 0 Å². The maximum atomic E-state index is 14.2. The number of nitrogens with one attached hydrogen (secondary N) is 2. The van der Waals surface area contributed by atoms with Crippen molar-refractivity contribution in [3.8, 4) is 32.6 Å². The minimum absolute atomic E-state index is 0.000465. The molecule has 1 saturated heterocycles. The van der Waals surface area contributed by atoms with Gasteiger partial charge in [-0.25, -0.2) is 15.0 Å². The zero-order valence-electron chi connectivity index (χ0n) is 39.4. The fraction of sp³-hybridized carbons (Fsp3) is 0.388. The molecule has 0 bridgehead atoms. The van der Waals surface area contributed by atoms with Gasteiger partial charge in [0.05, 0.1) is 65.6 Å². The number of thiazole rings is 1. The van der Waals surface area contributed by atoms with Crippen LogP contribution >= 0.6 is 22.7 Å². The SMILES string of the molecule is COC(=O)C[C@@H]1N=C(c2ccc(-c3cnc(OCC(=O)NC(C(=O)N4C[C@H](O)C[C@H]4C(=O)N[C@@H](C)c4ccc(-c5scnc5C)cc4)C(C)(C)C)cn3)cc2)c2c(sc(C)c2C)-n2c(C)nnc21. The van der Waals surface area contributed by atoms with E-state index in [2.05, 4.69) is 49.6 Å². The largest absolute Gasteiger partial charge is 0.469 e. The summed E-state index contributed by atoms with van der Waals surface area (Å²) in [5.41, 5.74) is 8.85. The number of aliphatic imine (C=N–C) groups is 1. The predicted molar refractivity (Wildman–Crippen MR) is 258 cm³/mol. The highest BCUT2D eigenvalue weighted by Gasteiger charge is 2.45. The molecule has 354 valence electrons. The summed E-state index contributed by atoms with van der Waals surface area (Å²) < 4.78 is 12.7. The number of aliphatic hydroxyl groups is 1. The van der Waals surface area contributed by atoms with E-state index in [4.69, 9.17) is 14.5 Å². The molecule has 1 fully saturated rings. The number of likely N-dealkylation sites (tertiary alicyclic amines) is 1. The number of aliphatic hydroxyl groups excluding tert-OH is 1. The first-order chi connectivity index (χ1) is 32.4. The molecular formula is C49H54N10O7S2. The number of aromatic nitrogens is 6. The topological polar surface area (TPSA) is 216 Å². The number of aryl methyl sites for hydroxylation is 3. The standard InChI is InChI=1S/C49H54N10O7S2/c1-25-28(4)68-48-41(25)42(54-35(19-40(62)65-9)45-57-56-29(5)59(45)48)32-14-12-31(13-15-32)36-20-51-39(21-50-36)66-23-38(61)55-44(49(6,7)8)47(64)58-22-34(60)18-37(58)46(63)53-26(2)30-10-16-33(17-11-30)43-27(3)52-24-67-43/h10-17,20-21,24,26,34-35,37,44,60H,18-19,22-23H2,1-9H3,(H,53,63)(H,55,61)/t26-,34+,35-,37-,44?/m0/s1. The van der Waals surface area contributed by atoms with Crippen molar-refractivity contribution in [3.05, 3.63) is 111 Å². The second-order valence-corrected chi connectivity index (χ2v) is 20.2. The normalized spacial score (nSPS) is 17.6. The van der Waals surface area contributed by atoms with Gasteiger partial charge in [0.2, 0.25) is 17.7 Å². The Morgan fingerprint density at radius 2 is 1.62 bits per heavy atom. The van der Waals surface area contributed by atoms with Crippen LogP contribution in [0.1, 0.15) is 97.1 Å². The number of carbonyl (C=O) groups excluding carboxylic acids is 4. The molecule has 0 aliphatic carbocycles. The van der Waals surface area contributed by atoms with E-state index in [0.29, 0.717) is 17.3 Å². The van der Waals surface area contributed by atoms with Gasteiger partial charge < -0.3 is 30.1 Å². The smallest absolute Gasteiger partial charge is 0.308 e. The second-order valence-electron chi connectivity index (χ2n) is 18.2. The highest BCUT2D eigenvalue weighted by Crippen LogP contribution is 2.40. The van der Waals surface area contributed by atoms with Crippen LogP contribution in [-0.4, -0.2) is 108 Å². The van der Waals surface area contributed by atoms with E-state index in [-0.39, 0.29) is 31.3 Å². The van der Waals surface area contributed by atoms with Gasteiger partial charge in [0, 0.05) is 34.5 Å². The molecule has 5 atom stereocenters. The third-order valence-corrected chi connectivity index (χ3v) is 14.5. The number of hydrogen-bond donors (Lipinski definition) is 3. The number of rotatable bonds is 13. The van der Waals surface area contributed by atoms with Crippen molar-refractivity contribution in [3.63, 3.8) is 0 Å². The predicted octanol–water partition coefficient (Wildman–Crippen LogP) is 6.35. The van der Waals surface area contributed by atoms with E-state index in [1.54, 1.807) is 28.9 Å². The first-order valence-corrected chi connectivity index (χ1v) is 23.9. The number of nitrogens with zero attached hydrogens (tertiary/aromatic N) is 8. The first kappa shape index (κ1) is 47.8. The molecule has 4 aromatic heterocycles. The van der Waals surface area contributed by atoms with Crippen molar-refractivity contribution in [2.24, 2.45) is 10.4 Å². The maximum absolute atomic E-state index is 14.2. The fourth-order valence-corrected chi connectivity index (χ4v) is 10.5. The molecule has 3 N–H and O–H groups in total. The minimum Gasteiger partial charge on any atom is -0.469 e. The van der Waals surface area contributed by atoms with Gasteiger partial charge in [-0.1, -0.05) is 69.3 Å². The van der Waals surface area contributed by atoms with Crippen molar-refractivity contribution >= 4 is 52.1 Å². The molecule has 68 heavy (non-hydrogen) atoms. The molecular weight excluding hydrogens is 905 g/mol. The van der Waals surface area contributed by atoms with Crippen LogP contribution in [0.25, 0.3) is 26.7 Å². The average molecular weight is 959 g/mol. The van der Waals surface area contributed by atoms with Crippen molar-refractivity contribution < 1.29 is 33.8 Å². The number of fused-ring (bicyclic) bond motifs is 3. The summed E-state index contributed by atoms with van der Waals surface area (Å²) >= 11 is 3.19. The Balaban J connectivity index is 0.905. The lowest BCUT2D eigenvalue weighted by atomic mass is 9.85. The summed E-state index contributed by atoms with van der Waals surface area (Å²) in [6.45, 7) is 14.8. The summed E-state index contributed by atoms with van der Waals surface area (Å²) in [7, 11) is 1.35. The monoisotopic (exact) mass is 958 g/mol. The van der Waals surface area contributed by atoms with Crippen molar-refractivity contribution in [1.82, 2.24) is 45.2 Å². The molecule has 0 radical (unpaired) electrons. The number of hydrogen-bond acceptors (Lipinski definition) is 15. The summed E-state index contributed by atoms with van der Waals surface area (Å²) in [6.07, 6.45) is 2.12. The molecule has 1 unspecified atom stereocenters. The fourth-order valence-electron chi connectivity index (χ4n) is 8.46. The van der Waals surface area contributed by atoms with Crippen LogP contribution in [0, 0.1) is 33.1 Å². The number of ether oxygens (including phenoxy) is 2. The Morgan fingerprint density at radius 1 is 0.912 bits per heavy atom. The summed E-state index contributed by atoms with van der Waals surface area (Å²) in [5.74, 6) is -0.487. The number of β-amino-alcohol motifs (C(OH)–C–C–N with tert-alkyl or cyclic N) is 1. The van der Waals surface area contributed by atoms with Crippen LogP contribution in [0.3, 0.4) is 0 Å². The van der Waals surface area contributed by atoms with Crippen LogP contribution in [0.15, 0.2) is 71.4 Å². The van der Waals surface area contributed by atoms with Crippen LogP contribution in [-0.2, 0) is 23.9 Å². The van der Waals surface area contributed by atoms with Gasteiger partial charge in [0.1, 0.15) is 29.0 Å². The van der Waals surface area contributed by atoms with Crippen molar-refractivity contribution in [2.75, 3.05) is 20.3 Å². The van der Waals surface area contributed by atoms with Gasteiger partial charge in [-0.05, 0) is 56.7 Å². The van der Waals surface area contributed by atoms with Gasteiger partial charge >= 0.3 is 5.97 Å². The Bertz CT molecular complexity index is 2880. The molecule has 3 amide bonds. The Morgan fingerprint density at radius 3 is 2.26 bits per heavy atom. The van der Waals surface area contributed by atoms with E-state index in [0.717, 1.165) is 59.5 Å². The van der Waals surface area contributed by atoms with Crippen LogP contribution in [0.2, 0.25) is 0 Å². The second kappa shape index (κ2) is 19.5. The number of amides is 3. The van der Waals surface area contributed by atoms with E-state index >= 15 is 0 Å². The summed E-state index contributed by atoms with van der Waals surface area (Å²) in [6, 6.07) is 12.7. The maximum Gasteiger partial charge on any atom is 0.308 e. The van der Waals surface area contributed by atoms with E-state index in [1.807, 2.05) is 100 Å². The highest BCUT2D eigenvalue weighted by atomic mass is 32.1. The van der Waals surface area contributed by atoms with E-state index < -0.39 is 59.9 Å². The van der Waals surface area contributed by atoms with Crippen molar-refractivity contribution in [2.45, 2.75) is 98.5 Å². The Labute approximate surface area is 402 Å². The molecule has 8 rings (SSSR count). The zero-order valence-corrected chi connectivity index (χ0v) is 41.0. The van der Waals surface area contributed by atoms with E-state index in [9.17, 15) is 24.3 Å². The Hall–Kier alpha value is -6.70. The molecule has 0 saturated carbocycles. The zero-order chi connectivity index (χ0) is 48.6. The number of carbonyl (C=O) groups is 4. The summed E-state index contributed by atoms with van der Waals surface area (Å²) in [5, 5.41) is 26.2. The molecule has 2 aliphatic heterocycles. The lowest BCUT2D eigenvalue weighted by molar-refractivity contribution is -0.144. The molecule has 6 heterocycles. The van der Waals surface area contributed by atoms with Crippen LogP contribution in [0.4, 0.5) is 0 Å². The number of methoxy groups -OCH3 is 1. The van der Waals surface area contributed by atoms with Gasteiger partial charge in [0.25, 0.3) is 5.91 Å². The van der Waals surface area contributed by atoms with Gasteiger partial charge in [-0.2, -0.15) is 0 Å². The summed E-state index contributed by atoms with van der Waals surface area (Å²) in [4.78, 5) is 75.8. The quantitative estimate of drug-likeness (QED) is 0.108.